The van der Waals surface area contributed by atoms with Crippen LogP contribution in [0.15, 0.2) is 34.0 Å². The lowest BCUT2D eigenvalue weighted by Gasteiger charge is -2.32. The first-order chi connectivity index (χ1) is 11.5. The molecule has 7 nitrogen and oxygen atoms in total. The number of carbonyl (C=O) groups is 2. The van der Waals surface area contributed by atoms with E-state index in [1.54, 1.807) is 38.3 Å². The summed E-state index contributed by atoms with van der Waals surface area (Å²) in [5.74, 6) is 4.76. The molecule has 2 N–H and O–H groups in total. The average Bonchev–Trinajstić information content (AvgIpc) is 2.56. The topological polar surface area (TPSA) is 94.2 Å². The van der Waals surface area contributed by atoms with Crippen LogP contribution in [0.25, 0.3) is 6.08 Å². The SMILES string of the molecule is CCOC(=O)/C(=N\N)[C@H]1c2cccc(Br)c2C=CN1C(=O)OCC. The molecule has 8 heteroatoms. The number of benzene rings is 1. The third-order valence-corrected chi connectivity index (χ3v) is 4.11. The molecule has 0 saturated carbocycles. The Kier molecular flexibility index (Phi) is 5.97. The van der Waals surface area contributed by atoms with Crippen LogP contribution in [-0.4, -0.2) is 35.9 Å². The first kappa shape index (κ1) is 18.0. The summed E-state index contributed by atoms with van der Waals surface area (Å²) in [5.41, 5.74) is 1.44. The number of hydrogen-bond acceptors (Lipinski definition) is 6. The van der Waals surface area contributed by atoms with Crippen LogP contribution in [0.2, 0.25) is 0 Å². The molecule has 0 fully saturated rings. The Morgan fingerprint density at radius 3 is 2.62 bits per heavy atom. The van der Waals surface area contributed by atoms with Gasteiger partial charge in [-0.2, -0.15) is 5.10 Å². The largest absolute Gasteiger partial charge is 0.461 e. The lowest BCUT2D eigenvalue weighted by molar-refractivity contribution is -0.135. The summed E-state index contributed by atoms with van der Waals surface area (Å²) >= 11 is 3.46. The minimum atomic E-state index is -0.828. The van der Waals surface area contributed by atoms with Gasteiger partial charge in [0.2, 0.25) is 0 Å². The van der Waals surface area contributed by atoms with Crippen molar-refractivity contribution in [3.8, 4) is 0 Å². The second-order valence-corrected chi connectivity index (χ2v) is 5.66. The van der Waals surface area contributed by atoms with Gasteiger partial charge in [-0.15, -0.1) is 0 Å². The molecule has 0 aromatic heterocycles. The number of ether oxygens (including phenoxy) is 2. The van der Waals surface area contributed by atoms with Crippen LogP contribution in [0.5, 0.6) is 0 Å². The first-order valence-corrected chi connectivity index (χ1v) is 8.21. The number of nitrogens with two attached hydrogens (primary N) is 1. The van der Waals surface area contributed by atoms with Crippen molar-refractivity contribution in [1.29, 1.82) is 0 Å². The molecule has 128 valence electrons. The van der Waals surface area contributed by atoms with Crippen molar-refractivity contribution in [1.82, 2.24) is 4.90 Å². The Bertz CT molecular complexity index is 703. The van der Waals surface area contributed by atoms with E-state index in [1.807, 2.05) is 6.07 Å². The number of fused-ring (bicyclic) bond motifs is 1. The van der Waals surface area contributed by atoms with E-state index < -0.39 is 18.1 Å². The molecule has 1 aliphatic heterocycles. The lowest BCUT2D eigenvalue weighted by atomic mass is 9.93. The lowest BCUT2D eigenvalue weighted by Crippen LogP contribution is -2.41. The Morgan fingerprint density at radius 2 is 2.00 bits per heavy atom. The number of rotatable bonds is 4. The highest BCUT2D eigenvalue weighted by Gasteiger charge is 2.37. The van der Waals surface area contributed by atoms with Crippen molar-refractivity contribution in [3.63, 3.8) is 0 Å². The van der Waals surface area contributed by atoms with Gasteiger partial charge in [-0.1, -0.05) is 28.1 Å². The van der Waals surface area contributed by atoms with Gasteiger partial charge in [0.15, 0.2) is 5.71 Å². The van der Waals surface area contributed by atoms with Crippen molar-refractivity contribution in [2.24, 2.45) is 10.9 Å². The van der Waals surface area contributed by atoms with Crippen molar-refractivity contribution in [2.45, 2.75) is 19.9 Å². The highest BCUT2D eigenvalue weighted by Crippen LogP contribution is 2.36. The fraction of sp³-hybridized carbons (Fsp3) is 0.312. The third-order valence-electron chi connectivity index (χ3n) is 3.42. The summed E-state index contributed by atoms with van der Waals surface area (Å²) in [4.78, 5) is 25.8. The molecule has 1 amide bonds. The van der Waals surface area contributed by atoms with E-state index in [0.717, 1.165) is 10.0 Å². The Balaban J connectivity index is 2.55. The minimum absolute atomic E-state index is 0.0754. The third kappa shape index (κ3) is 3.43. The van der Waals surface area contributed by atoms with E-state index in [2.05, 4.69) is 21.0 Å². The molecule has 0 aliphatic carbocycles. The average molecular weight is 396 g/mol. The Hall–Kier alpha value is -2.35. The van der Waals surface area contributed by atoms with Crippen molar-refractivity contribution in [3.05, 3.63) is 40.0 Å². The number of halogens is 1. The van der Waals surface area contributed by atoms with E-state index in [1.165, 1.54) is 4.90 Å². The fourth-order valence-electron chi connectivity index (χ4n) is 2.44. The van der Waals surface area contributed by atoms with Gasteiger partial charge in [0.25, 0.3) is 0 Å². The van der Waals surface area contributed by atoms with E-state index >= 15 is 0 Å². The van der Waals surface area contributed by atoms with Gasteiger partial charge in [-0.25, -0.2) is 9.59 Å². The van der Waals surface area contributed by atoms with Gasteiger partial charge in [-0.3, -0.25) is 4.90 Å². The van der Waals surface area contributed by atoms with E-state index in [4.69, 9.17) is 15.3 Å². The predicted octanol–water partition coefficient (Wildman–Crippen LogP) is 2.81. The number of hydrazone groups is 1. The number of amides is 1. The van der Waals surface area contributed by atoms with Crippen LogP contribution >= 0.6 is 15.9 Å². The van der Waals surface area contributed by atoms with Crippen LogP contribution in [0, 0.1) is 0 Å². The Morgan fingerprint density at radius 1 is 1.29 bits per heavy atom. The van der Waals surface area contributed by atoms with Crippen LogP contribution < -0.4 is 5.84 Å². The molecule has 0 unspecified atom stereocenters. The normalized spacial score (nSPS) is 16.5. The molecule has 0 saturated heterocycles. The van der Waals surface area contributed by atoms with Crippen LogP contribution in [0.1, 0.15) is 31.0 Å². The molecule has 0 radical (unpaired) electrons. The van der Waals surface area contributed by atoms with Crippen molar-refractivity contribution >= 4 is 39.8 Å². The zero-order valence-corrected chi connectivity index (χ0v) is 14.9. The highest BCUT2D eigenvalue weighted by molar-refractivity contribution is 9.10. The predicted molar refractivity (Wildman–Crippen MR) is 93.0 cm³/mol. The maximum Gasteiger partial charge on any atom is 0.414 e. The maximum absolute atomic E-state index is 12.3. The molecular weight excluding hydrogens is 378 g/mol. The summed E-state index contributed by atoms with van der Waals surface area (Å²) in [6.45, 7) is 3.76. The van der Waals surface area contributed by atoms with Gasteiger partial charge in [0.1, 0.15) is 6.04 Å². The highest BCUT2D eigenvalue weighted by atomic mass is 79.9. The van der Waals surface area contributed by atoms with Crippen LogP contribution in [0.3, 0.4) is 0 Å². The number of nitrogens with zero attached hydrogens (tertiary/aromatic N) is 2. The van der Waals surface area contributed by atoms with E-state index in [9.17, 15) is 9.59 Å². The number of carbonyl (C=O) groups excluding carboxylic acids is 2. The zero-order chi connectivity index (χ0) is 17.7. The fourth-order valence-corrected chi connectivity index (χ4v) is 2.96. The summed E-state index contributed by atoms with van der Waals surface area (Å²) in [6.07, 6.45) is 2.70. The molecule has 0 spiro atoms. The minimum Gasteiger partial charge on any atom is -0.461 e. The van der Waals surface area contributed by atoms with E-state index in [0.29, 0.717) is 5.56 Å². The summed E-state index contributed by atoms with van der Waals surface area (Å²) < 4.78 is 10.9. The van der Waals surface area contributed by atoms with Gasteiger partial charge in [-0.05, 0) is 37.1 Å². The molecular formula is C16H18BrN3O4. The van der Waals surface area contributed by atoms with Crippen LogP contribution in [-0.2, 0) is 14.3 Å². The number of hydrogen-bond donors (Lipinski definition) is 1. The molecule has 2 rings (SSSR count). The molecule has 1 atom stereocenters. The summed E-state index contributed by atoms with van der Waals surface area (Å²) in [6, 6.07) is 4.64. The van der Waals surface area contributed by atoms with Gasteiger partial charge in [0, 0.05) is 10.7 Å². The summed E-state index contributed by atoms with van der Waals surface area (Å²) in [7, 11) is 0. The standard InChI is InChI=1S/C16H18BrN3O4/c1-3-23-15(21)13(19-18)14-11-6-5-7-12(17)10(11)8-9-20(14)16(22)24-4-2/h5-9,14H,3-4,18H2,1-2H3/b19-13-/t14-/m1/s1. The second kappa shape index (κ2) is 7.96. The van der Waals surface area contributed by atoms with Crippen molar-refractivity contribution < 1.29 is 19.1 Å². The molecule has 0 bridgehead atoms. The molecule has 1 aromatic rings. The summed E-state index contributed by atoms with van der Waals surface area (Å²) in [5, 5.41) is 3.60. The quantitative estimate of drug-likeness (QED) is 0.366. The molecule has 1 heterocycles. The van der Waals surface area contributed by atoms with E-state index in [-0.39, 0.29) is 18.9 Å². The van der Waals surface area contributed by atoms with Gasteiger partial charge < -0.3 is 15.3 Å². The first-order valence-electron chi connectivity index (χ1n) is 7.41. The zero-order valence-electron chi connectivity index (χ0n) is 13.4. The second-order valence-electron chi connectivity index (χ2n) is 4.80. The number of esters is 1. The van der Waals surface area contributed by atoms with Gasteiger partial charge in [0.05, 0.1) is 13.2 Å². The Labute approximate surface area is 148 Å². The molecule has 1 aromatic carbocycles. The molecule has 1 aliphatic rings. The maximum atomic E-state index is 12.3. The van der Waals surface area contributed by atoms with Gasteiger partial charge >= 0.3 is 12.1 Å². The monoisotopic (exact) mass is 395 g/mol. The molecule has 24 heavy (non-hydrogen) atoms. The van der Waals surface area contributed by atoms with Crippen LogP contribution in [0.4, 0.5) is 4.79 Å². The van der Waals surface area contributed by atoms with Crippen molar-refractivity contribution in [2.75, 3.05) is 13.2 Å². The smallest absolute Gasteiger partial charge is 0.414 e.